The molecule has 4 heteroatoms. The van der Waals surface area contributed by atoms with E-state index < -0.39 is 12.1 Å². The molecule has 0 aliphatic rings. The molecule has 0 spiro atoms. The number of hydrogen-bond donors (Lipinski definition) is 1. The van der Waals surface area contributed by atoms with Crippen LogP contribution in [0.3, 0.4) is 0 Å². The number of halogens is 1. The first-order valence-electron chi connectivity index (χ1n) is 3.12. The Morgan fingerprint density at radius 1 is 1.80 bits per heavy atom. The molecule has 0 aliphatic heterocycles. The highest BCUT2D eigenvalue weighted by molar-refractivity contribution is 9.09. The van der Waals surface area contributed by atoms with Crippen LogP contribution < -0.4 is 0 Å². The van der Waals surface area contributed by atoms with Crippen molar-refractivity contribution in [1.29, 1.82) is 0 Å². The molecule has 1 N–H and O–H groups in total. The van der Waals surface area contributed by atoms with Crippen molar-refractivity contribution in [1.82, 2.24) is 0 Å². The Bertz CT molecular complexity index is 105. The first kappa shape index (κ1) is 9.91. The van der Waals surface area contributed by atoms with Crippen molar-refractivity contribution in [3.05, 3.63) is 0 Å². The quantitative estimate of drug-likeness (QED) is 0.696. The van der Waals surface area contributed by atoms with Crippen LogP contribution in [0.25, 0.3) is 0 Å². The Morgan fingerprint density at radius 3 is 2.70 bits per heavy atom. The van der Waals surface area contributed by atoms with Crippen molar-refractivity contribution in [3.63, 3.8) is 0 Å². The fourth-order valence-corrected chi connectivity index (χ4v) is 0.737. The van der Waals surface area contributed by atoms with Crippen molar-refractivity contribution >= 4 is 21.9 Å². The number of hydrogen-bond acceptors (Lipinski definition) is 2. The van der Waals surface area contributed by atoms with E-state index in [1.807, 2.05) is 0 Å². The highest BCUT2D eigenvalue weighted by Crippen LogP contribution is 1.98. The third-order valence-electron chi connectivity index (χ3n) is 1.04. The standard InChI is InChI=1S/C6H11BrO3/c1-2-5(6(8)9)10-4-3-7/h5H,2-4H2,1H3,(H,8,9). The first-order chi connectivity index (χ1) is 4.72. The molecule has 1 atom stereocenters. The summed E-state index contributed by atoms with van der Waals surface area (Å²) in [5, 5.41) is 9.14. The number of carbonyl (C=O) groups is 1. The van der Waals surface area contributed by atoms with Crippen molar-refractivity contribution in [2.75, 3.05) is 11.9 Å². The van der Waals surface area contributed by atoms with Crippen molar-refractivity contribution < 1.29 is 14.6 Å². The molecule has 0 aromatic heterocycles. The van der Waals surface area contributed by atoms with Gasteiger partial charge in [-0.2, -0.15) is 0 Å². The molecule has 0 bridgehead atoms. The molecule has 0 rings (SSSR count). The SMILES string of the molecule is CCC(OCCBr)C(=O)O. The van der Waals surface area contributed by atoms with Gasteiger partial charge >= 0.3 is 5.97 Å². The summed E-state index contributed by atoms with van der Waals surface area (Å²) in [5.74, 6) is -0.886. The van der Waals surface area contributed by atoms with E-state index in [0.29, 0.717) is 18.4 Å². The zero-order chi connectivity index (χ0) is 7.98. The molecule has 0 saturated heterocycles. The van der Waals surface area contributed by atoms with Gasteiger partial charge in [-0.05, 0) is 6.42 Å². The van der Waals surface area contributed by atoms with Crippen LogP contribution in [0.2, 0.25) is 0 Å². The second-order valence-corrected chi connectivity index (χ2v) is 2.59. The normalized spacial score (nSPS) is 13.0. The number of carboxylic acid groups (broad SMARTS) is 1. The Kier molecular flexibility index (Phi) is 5.63. The molecule has 0 aromatic carbocycles. The van der Waals surface area contributed by atoms with Gasteiger partial charge in [0.05, 0.1) is 6.61 Å². The van der Waals surface area contributed by atoms with Gasteiger partial charge in [0, 0.05) is 5.33 Å². The average Bonchev–Trinajstić information content (AvgIpc) is 1.89. The lowest BCUT2D eigenvalue weighted by Gasteiger charge is -2.08. The highest BCUT2D eigenvalue weighted by atomic mass is 79.9. The minimum atomic E-state index is -0.886. The number of carboxylic acids is 1. The van der Waals surface area contributed by atoms with Gasteiger partial charge in [-0.1, -0.05) is 22.9 Å². The summed E-state index contributed by atoms with van der Waals surface area (Å²) in [6.07, 6.45) is -0.125. The maximum absolute atomic E-state index is 10.3. The lowest BCUT2D eigenvalue weighted by Crippen LogP contribution is -2.23. The number of rotatable bonds is 5. The van der Waals surface area contributed by atoms with Gasteiger partial charge in [0.15, 0.2) is 6.10 Å². The summed E-state index contributed by atoms with van der Waals surface area (Å²) >= 11 is 3.14. The predicted molar refractivity (Wildman–Crippen MR) is 41.5 cm³/mol. The zero-order valence-electron chi connectivity index (χ0n) is 5.84. The first-order valence-corrected chi connectivity index (χ1v) is 4.24. The third-order valence-corrected chi connectivity index (χ3v) is 1.37. The second-order valence-electron chi connectivity index (χ2n) is 1.79. The minimum Gasteiger partial charge on any atom is -0.479 e. The molecular formula is C6H11BrO3. The fraction of sp³-hybridized carbons (Fsp3) is 0.833. The van der Waals surface area contributed by atoms with E-state index in [2.05, 4.69) is 15.9 Å². The van der Waals surface area contributed by atoms with Crippen molar-refractivity contribution in [3.8, 4) is 0 Å². The van der Waals surface area contributed by atoms with Crippen molar-refractivity contribution in [2.45, 2.75) is 19.4 Å². The Balaban J connectivity index is 3.50. The minimum absolute atomic E-state index is 0.449. The van der Waals surface area contributed by atoms with Crippen LogP contribution in [0.15, 0.2) is 0 Å². The van der Waals surface area contributed by atoms with Crippen LogP contribution in [0.5, 0.6) is 0 Å². The molecule has 10 heavy (non-hydrogen) atoms. The van der Waals surface area contributed by atoms with Gasteiger partial charge < -0.3 is 9.84 Å². The number of alkyl halides is 1. The van der Waals surface area contributed by atoms with Gasteiger partial charge in [0.1, 0.15) is 0 Å². The third kappa shape index (κ3) is 3.85. The maximum atomic E-state index is 10.3. The Labute approximate surface area is 68.5 Å². The number of aliphatic carboxylic acids is 1. The maximum Gasteiger partial charge on any atom is 0.332 e. The van der Waals surface area contributed by atoms with Crippen molar-refractivity contribution in [2.24, 2.45) is 0 Å². The average molecular weight is 211 g/mol. The molecule has 0 radical (unpaired) electrons. The van der Waals surface area contributed by atoms with E-state index in [1.165, 1.54) is 0 Å². The summed E-state index contributed by atoms with van der Waals surface area (Å²) in [6.45, 7) is 2.23. The van der Waals surface area contributed by atoms with Crippen LogP contribution in [-0.2, 0) is 9.53 Å². The van der Waals surface area contributed by atoms with Gasteiger partial charge in [0.2, 0.25) is 0 Å². The highest BCUT2D eigenvalue weighted by Gasteiger charge is 2.13. The van der Waals surface area contributed by atoms with Crippen LogP contribution in [0.1, 0.15) is 13.3 Å². The largest absolute Gasteiger partial charge is 0.479 e. The van der Waals surface area contributed by atoms with E-state index in [9.17, 15) is 4.79 Å². The zero-order valence-corrected chi connectivity index (χ0v) is 7.43. The fourth-order valence-electron chi connectivity index (χ4n) is 0.551. The van der Waals surface area contributed by atoms with E-state index in [-0.39, 0.29) is 0 Å². The second kappa shape index (κ2) is 5.68. The molecule has 0 fully saturated rings. The predicted octanol–water partition coefficient (Wildman–Crippen LogP) is 1.26. The molecule has 0 saturated carbocycles. The molecule has 1 unspecified atom stereocenters. The smallest absolute Gasteiger partial charge is 0.332 e. The molecule has 0 aromatic rings. The molecular weight excluding hydrogens is 200 g/mol. The van der Waals surface area contributed by atoms with Crippen LogP contribution in [0, 0.1) is 0 Å². The van der Waals surface area contributed by atoms with E-state index in [0.717, 1.165) is 0 Å². The van der Waals surface area contributed by atoms with Gasteiger partial charge in [-0.3, -0.25) is 0 Å². The van der Waals surface area contributed by atoms with E-state index >= 15 is 0 Å². The summed E-state index contributed by atoms with van der Waals surface area (Å²) in [5.41, 5.74) is 0. The summed E-state index contributed by atoms with van der Waals surface area (Å²) in [7, 11) is 0. The Hall–Kier alpha value is -0.0900. The summed E-state index contributed by atoms with van der Waals surface area (Å²) in [4.78, 5) is 10.3. The van der Waals surface area contributed by atoms with Crippen LogP contribution in [0.4, 0.5) is 0 Å². The van der Waals surface area contributed by atoms with E-state index in [4.69, 9.17) is 9.84 Å². The van der Waals surface area contributed by atoms with E-state index in [1.54, 1.807) is 6.92 Å². The van der Waals surface area contributed by atoms with Gasteiger partial charge in [-0.15, -0.1) is 0 Å². The topological polar surface area (TPSA) is 46.5 Å². The van der Waals surface area contributed by atoms with Gasteiger partial charge in [-0.25, -0.2) is 4.79 Å². The monoisotopic (exact) mass is 210 g/mol. The summed E-state index contributed by atoms with van der Waals surface area (Å²) in [6, 6.07) is 0. The molecule has 0 heterocycles. The molecule has 0 aliphatic carbocycles. The van der Waals surface area contributed by atoms with Gasteiger partial charge in [0.25, 0.3) is 0 Å². The lowest BCUT2D eigenvalue weighted by molar-refractivity contribution is -0.150. The Morgan fingerprint density at radius 2 is 2.40 bits per heavy atom. The van der Waals surface area contributed by atoms with Crippen LogP contribution >= 0.6 is 15.9 Å². The molecule has 60 valence electrons. The molecule has 3 nitrogen and oxygen atoms in total. The summed E-state index contributed by atoms with van der Waals surface area (Å²) < 4.78 is 4.96. The number of ether oxygens (including phenoxy) is 1. The lowest BCUT2D eigenvalue weighted by atomic mass is 10.3. The van der Waals surface area contributed by atoms with Crippen LogP contribution in [-0.4, -0.2) is 29.1 Å². The molecule has 0 amide bonds.